The van der Waals surface area contributed by atoms with Crippen LogP contribution in [0.3, 0.4) is 0 Å². The number of hydrazone groups is 1. The highest BCUT2D eigenvalue weighted by Crippen LogP contribution is 2.21. The van der Waals surface area contributed by atoms with Gasteiger partial charge < -0.3 is 15.0 Å². The number of thioether (sulfide) groups is 1. The number of hydrogen-bond donors (Lipinski definition) is 1. The van der Waals surface area contributed by atoms with Crippen molar-refractivity contribution < 1.29 is 14.6 Å². The predicted octanol–water partition coefficient (Wildman–Crippen LogP) is 1.65. The maximum absolute atomic E-state index is 12.4. The number of esters is 1. The fourth-order valence-electron chi connectivity index (χ4n) is 2.59. The van der Waals surface area contributed by atoms with Gasteiger partial charge in [-0.2, -0.15) is 11.8 Å². The van der Waals surface area contributed by atoms with E-state index in [1.165, 1.54) is 11.3 Å². The van der Waals surface area contributed by atoms with Crippen molar-refractivity contribution in [3.63, 3.8) is 0 Å². The normalized spacial score (nSPS) is 17.6. The summed E-state index contributed by atoms with van der Waals surface area (Å²) >= 11 is 8.80. The zero-order chi connectivity index (χ0) is 19.8. The highest BCUT2D eigenvalue weighted by molar-refractivity contribution is 7.98. The quantitative estimate of drug-likeness (QED) is 0.350. The summed E-state index contributed by atoms with van der Waals surface area (Å²) in [6.07, 6.45) is 4.20. The van der Waals surface area contributed by atoms with Gasteiger partial charge in [-0.05, 0) is 25.4 Å². The van der Waals surface area contributed by atoms with Crippen LogP contribution in [0.5, 0.6) is 0 Å². The van der Waals surface area contributed by atoms with Gasteiger partial charge in [-0.3, -0.25) is 9.69 Å². The van der Waals surface area contributed by atoms with Crippen LogP contribution in [-0.4, -0.2) is 69.7 Å². The SMILES string of the molecule is CCOC(=O)[C@H](CCSC)N1CN/C(=N\[N+](=O)[O-])N(Cc2cnc(Cl)s2)C1. The van der Waals surface area contributed by atoms with E-state index in [0.717, 1.165) is 10.6 Å². The number of nitrogens with zero attached hydrogens (tertiary/aromatic N) is 5. The van der Waals surface area contributed by atoms with Crippen LogP contribution >= 0.6 is 34.7 Å². The molecule has 1 N–H and O–H groups in total. The van der Waals surface area contributed by atoms with E-state index in [4.69, 9.17) is 16.3 Å². The molecular formula is C14H21ClN6O4S2. The number of carbonyl (C=O) groups is 1. The van der Waals surface area contributed by atoms with Crippen molar-refractivity contribution in [2.45, 2.75) is 25.9 Å². The van der Waals surface area contributed by atoms with Gasteiger partial charge in [-0.15, -0.1) is 11.3 Å². The van der Waals surface area contributed by atoms with Gasteiger partial charge in [0, 0.05) is 11.1 Å². The molecule has 13 heteroatoms. The number of guanidine groups is 1. The van der Waals surface area contributed by atoms with E-state index in [1.807, 2.05) is 11.2 Å². The molecule has 1 aromatic rings. The van der Waals surface area contributed by atoms with Gasteiger partial charge in [0.15, 0.2) is 9.50 Å². The number of ether oxygens (including phenoxy) is 1. The Balaban J connectivity index is 2.18. The van der Waals surface area contributed by atoms with Crippen LogP contribution < -0.4 is 5.32 Å². The van der Waals surface area contributed by atoms with E-state index in [2.05, 4.69) is 15.4 Å². The molecular weight excluding hydrogens is 416 g/mol. The van der Waals surface area contributed by atoms with Crippen molar-refractivity contribution in [3.8, 4) is 0 Å². The predicted molar refractivity (Wildman–Crippen MR) is 105 cm³/mol. The largest absolute Gasteiger partial charge is 0.465 e. The number of nitro groups is 1. The van der Waals surface area contributed by atoms with Crippen LogP contribution in [0, 0.1) is 10.1 Å². The van der Waals surface area contributed by atoms with Crippen molar-refractivity contribution in [2.75, 3.05) is 32.0 Å². The Morgan fingerprint density at radius 2 is 2.44 bits per heavy atom. The Hall–Kier alpha value is -1.63. The number of halogens is 1. The van der Waals surface area contributed by atoms with Crippen LogP contribution in [0.2, 0.25) is 4.47 Å². The Bertz CT molecular complexity index is 688. The molecule has 0 aliphatic carbocycles. The molecule has 0 saturated carbocycles. The van der Waals surface area contributed by atoms with Crippen molar-refractivity contribution in [1.29, 1.82) is 0 Å². The summed E-state index contributed by atoms with van der Waals surface area (Å²) < 4.78 is 5.60. The molecule has 1 fully saturated rings. The number of thiazole rings is 1. The summed E-state index contributed by atoms with van der Waals surface area (Å²) in [5.41, 5.74) is 0. The zero-order valence-electron chi connectivity index (χ0n) is 15.0. The second-order valence-electron chi connectivity index (χ2n) is 5.55. The van der Waals surface area contributed by atoms with Crippen molar-refractivity contribution >= 4 is 46.6 Å². The topological polar surface area (TPSA) is 113 Å². The summed E-state index contributed by atoms with van der Waals surface area (Å²) in [7, 11) is 0. The summed E-state index contributed by atoms with van der Waals surface area (Å²) in [5.74, 6) is 0.623. The number of carbonyl (C=O) groups excluding carboxylic acids is 1. The highest BCUT2D eigenvalue weighted by Gasteiger charge is 2.33. The molecule has 10 nitrogen and oxygen atoms in total. The van der Waals surface area contributed by atoms with Crippen molar-refractivity contribution in [2.24, 2.45) is 5.10 Å². The highest BCUT2D eigenvalue weighted by atomic mass is 35.5. The lowest BCUT2D eigenvalue weighted by Crippen LogP contribution is -2.60. The number of rotatable bonds is 9. The second-order valence-corrected chi connectivity index (χ2v) is 8.24. The maximum atomic E-state index is 12.4. The first-order chi connectivity index (χ1) is 12.9. The molecule has 1 atom stereocenters. The van der Waals surface area contributed by atoms with Gasteiger partial charge >= 0.3 is 5.97 Å². The minimum Gasteiger partial charge on any atom is -0.465 e. The second kappa shape index (κ2) is 10.6. The van der Waals surface area contributed by atoms with E-state index in [-0.39, 0.29) is 25.3 Å². The van der Waals surface area contributed by atoms with Crippen LogP contribution in [0.25, 0.3) is 0 Å². The average molecular weight is 437 g/mol. The summed E-state index contributed by atoms with van der Waals surface area (Å²) in [5, 5.41) is 16.4. The van der Waals surface area contributed by atoms with Gasteiger partial charge in [0.2, 0.25) is 0 Å². The van der Waals surface area contributed by atoms with E-state index in [9.17, 15) is 14.9 Å². The van der Waals surface area contributed by atoms with Crippen LogP contribution in [-0.2, 0) is 16.1 Å². The molecule has 1 aliphatic heterocycles. The molecule has 1 aliphatic rings. The van der Waals surface area contributed by atoms with E-state index < -0.39 is 11.1 Å². The van der Waals surface area contributed by atoms with Crippen LogP contribution in [0.15, 0.2) is 11.3 Å². The zero-order valence-corrected chi connectivity index (χ0v) is 17.3. The molecule has 0 amide bonds. The van der Waals surface area contributed by atoms with Gasteiger partial charge in [-0.25, -0.2) is 15.1 Å². The first-order valence-electron chi connectivity index (χ1n) is 8.16. The fraction of sp³-hybridized carbons (Fsp3) is 0.643. The summed E-state index contributed by atoms with van der Waals surface area (Å²) in [6.45, 7) is 2.93. The lowest BCUT2D eigenvalue weighted by molar-refractivity contribution is -0.486. The molecule has 2 heterocycles. The van der Waals surface area contributed by atoms with Crippen LogP contribution in [0.4, 0.5) is 0 Å². The van der Waals surface area contributed by atoms with E-state index >= 15 is 0 Å². The summed E-state index contributed by atoms with van der Waals surface area (Å²) in [4.78, 5) is 31.6. The number of hydrogen-bond acceptors (Lipinski definition) is 8. The molecule has 0 spiro atoms. The molecule has 1 saturated heterocycles. The average Bonchev–Trinajstić information content (AvgIpc) is 3.02. The third-order valence-electron chi connectivity index (χ3n) is 3.74. The Morgan fingerprint density at radius 1 is 1.67 bits per heavy atom. The lowest BCUT2D eigenvalue weighted by atomic mass is 10.2. The van der Waals surface area contributed by atoms with E-state index in [0.29, 0.717) is 24.0 Å². The van der Waals surface area contributed by atoms with Gasteiger partial charge in [0.05, 0.1) is 26.5 Å². The lowest BCUT2D eigenvalue weighted by Gasteiger charge is -2.40. The van der Waals surface area contributed by atoms with E-state index in [1.54, 1.807) is 29.8 Å². The van der Waals surface area contributed by atoms with Crippen LogP contribution in [0.1, 0.15) is 18.2 Å². The first-order valence-corrected chi connectivity index (χ1v) is 10.7. The fourth-order valence-corrected chi connectivity index (χ4v) is 4.04. The third-order valence-corrected chi connectivity index (χ3v) is 5.48. The minimum atomic E-state index is -0.749. The number of aromatic nitrogens is 1. The van der Waals surface area contributed by atoms with Gasteiger partial charge in [-0.1, -0.05) is 11.6 Å². The molecule has 0 radical (unpaired) electrons. The standard InChI is InChI=1S/C14H21ClN6O4S2/c1-3-25-12(22)11(4-5-26-2)20-8-17-14(18-21(23)24)19(9-20)7-10-6-16-13(15)27-10/h6,11H,3-5,7-9H2,1-2H3,(H,17,18)/t11-/m0/s1. The first kappa shape index (κ1) is 21.7. The number of nitrogens with one attached hydrogen (secondary N) is 1. The molecule has 1 aromatic heterocycles. The Labute approximate surface area is 170 Å². The molecule has 0 unspecified atom stereocenters. The summed E-state index contributed by atoms with van der Waals surface area (Å²) in [6, 6.07) is -0.449. The molecule has 2 rings (SSSR count). The third kappa shape index (κ3) is 6.48. The molecule has 27 heavy (non-hydrogen) atoms. The smallest absolute Gasteiger partial charge is 0.323 e. The Morgan fingerprint density at radius 3 is 3.04 bits per heavy atom. The monoisotopic (exact) mass is 436 g/mol. The molecule has 0 bridgehead atoms. The molecule has 0 aromatic carbocycles. The van der Waals surface area contributed by atoms with Crippen molar-refractivity contribution in [3.05, 3.63) is 25.7 Å². The van der Waals surface area contributed by atoms with Gasteiger partial charge in [0.25, 0.3) is 5.96 Å². The minimum absolute atomic E-state index is 0.133. The Kier molecular flexibility index (Phi) is 8.54. The van der Waals surface area contributed by atoms with Gasteiger partial charge in [0.1, 0.15) is 11.1 Å². The maximum Gasteiger partial charge on any atom is 0.323 e. The van der Waals surface area contributed by atoms with Crippen molar-refractivity contribution in [1.82, 2.24) is 20.1 Å². The molecule has 150 valence electrons.